The molecule has 25 heavy (non-hydrogen) atoms. The highest BCUT2D eigenvalue weighted by Crippen LogP contribution is 2.40. The van der Waals surface area contributed by atoms with Crippen LogP contribution in [0.4, 0.5) is 13.2 Å². The maximum Gasteiger partial charge on any atom is 0.222 e. The SMILES string of the molecule is O=C1CCC2(CCN(Cc3cc(F)c(F)c(F)c3)CC2)CN1CCO. The number of rotatable bonds is 4. The number of β-amino-alcohol motifs (C(OH)–C–C–N with tert-alkyl or cyclic N) is 1. The van der Waals surface area contributed by atoms with Gasteiger partial charge >= 0.3 is 0 Å². The van der Waals surface area contributed by atoms with Crippen LogP contribution in [0.15, 0.2) is 12.1 Å². The number of benzene rings is 1. The number of aliphatic hydroxyl groups excluding tert-OH is 1. The van der Waals surface area contributed by atoms with Gasteiger partial charge in [0, 0.05) is 26.1 Å². The molecule has 0 atom stereocenters. The number of carbonyl (C=O) groups excluding carboxylic acids is 1. The summed E-state index contributed by atoms with van der Waals surface area (Å²) in [6.07, 6.45) is 3.15. The zero-order valence-electron chi connectivity index (χ0n) is 14.1. The van der Waals surface area contributed by atoms with Crippen LogP contribution in [0.2, 0.25) is 0 Å². The van der Waals surface area contributed by atoms with Gasteiger partial charge in [0.05, 0.1) is 6.61 Å². The van der Waals surface area contributed by atoms with Crippen LogP contribution in [-0.4, -0.2) is 53.6 Å². The summed E-state index contributed by atoms with van der Waals surface area (Å²) < 4.78 is 39.7. The summed E-state index contributed by atoms with van der Waals surface area (Å²) in [5.41, 5.74) is 0.492. The lowest BCUT2D eigenvalue weighted by atomic mass is 9.72. The van der Waals surface area contributed by atoms with E-state index >= 15 is 0 Å². The number of piperidine rings is 2. The molecule has 0 radical (unpaired) electrons. The maximum absolute atomic E-state index is 13.3. The lowest BCUT2D eigenvalue weighted by molar-refractivity contribution is -0.139. The number of nitrogens with zero attached hydrogens (tertiary/aromatic N) is 2. The normalized spacial score (nSPS) is 21.1. The molecule has 0 bridgehead atoms. The highest BCUT2D eigenvalue weighted by atomic mass is 19.2. The molecular weight excluding hydrogens is 333 g/mol. The van der Waals surface area contributed by atoms with Crippen LogP contribution in [0, 0.1) is 22.9 Å². The van der Waals surface area contributed by atoms with Gasteiger partial charge in [-0.1, -0.05) is 0 Å². The Kier molecular flexibility index (Phi) is 5.34. The molecule has 3 rings (SSSR count). The number of amides is 1. The minimum absolute atomic E-state index is 0.0321. The van der Waals surface area contributed by atoms with Gasteiger partial charge in [-0.2, -0.15) is 0 Å². The zero-order valence-corrected chi connectivity index (χ0v) is 14.1. The van der Waals surface area contributed by atoms with E-state index in [1.54, 1.807) is 4.90 Å². The minimum atomic E-state index is -1.43. The Balaban J connectivity index is 1.59. The van der Waals surface area contributed by atoms with Gasteiger partial charge in [-0.05, 0) is 55.5 Å². The van der Waals surface area contributed by atoms with Crippen molar-refractivity contribution in [2.45, 2.75) is 32.2 Å². The van der Waals surface area contributed by atoms with E-state index in [1.165, 1.54) is 0 Å². The quantitative estimate of drug-likeness (QED) is 0.842. The van der Waals surface area contributed by atoms with Crippen molar-refractivity contribution >= 4 is 5.91 Å². The van der Waals surface area contributed by atoms with Crippen molar-refractivity contribution in [3.63, 3.8) is 0 Å². The third-order valence-corrected chi connectivity index (χ3v) is 5.48. The molecule has 1 aromatic carbocycles. The van der Waals surface area contributed by atoms with Crippen molar-refractivity contribution in [2.75, 3.05) is 32.8 Å². The molecule has 2 heterocycles. The van der Waals surface area contributed by atoms with Crippen LogP contribution in [0.25, 0.3) is 0 Å². The van der Waals surface area contributed by atoms with Gasteiger partial charge in [0.15, 0.2) is 17.5 Å². The van der Waals surface area contributed by atoms with E-state index in [0.717, 1.165) is 44.5 Å². The Hall–Kier alpha value is -1.60. The summed E-state index contributed by atoms with van der Waals surface area (Å²) in [5.74, 6) is -3.65. The fourth-order valence-corrected chi connectivity index (χ4v) is 3.98. The second-order valence-electron chi connectivity index (χ2n) is 7.19. The fourth-order valence-electron chi connectivity index (χ4n) is 3.98. The molecule has 1 aromatic rings. The van der Waals surface area contributed by atoms with Crippen LogP contribution in [0.3, 0.4) is 0 Å². The molecule has 2 saturated heterocycles. The molecule has 0 aliphatic carbocycles. The molecular formula is C18H23F3N2O2. The molecule has 138 valence electrons. The molecule has 2 aliphatic rings. The summed E-state index contributed by atoms with van der Waals surface area (Å²) in [6, 6.07) is 2.09. The summed E-state index contributed by atoms with van der Waals surface area (Å²) in [4.78, 5) is 15.8. The first kappa shape index (κ1) is 18.2. The van der Waals surface area contributed by atoms with E-state index in [1.807, 2.05) is 0 Å². The van der Waals surface area contributed by atoms with Crippen molar-refractivity contribution < 1.29 is 23.1 Å². The van der Waals surface area contributed by atoms with Gasteiger partial charge in [-0.15, -0.1) is 0 Å². The predicted octanol–water partition coefficient (Wildman–Crippen LogP) is 2.30. The number of hydrogen-bond donors (Lipinski definition) is 1. The van der Waals surface area contributed by atoms with Crippen molar-refractivity contribution in [1.29, 1.82) is 0 Å². The Labute approximate surface area is 145 Å². The third-order valence-electron chi connectivity index (χ3n) is 5.48. The number of aliphatic hydroxyl groups is 1. The Morgan fingerprint density at radius 3 is 2.32 bits per heavy atom. The minimum Gasteiger partial charge on any atom is -0.395 e. The molecule has 0 unspecified atom stereocenters. The Morgan fingerprint density at radius 1 is 1.08 bits per heavy atom. The van der Waals surface area contributed by atoms with E-state index < -0.39 is 17.5 Å². The second kappa shape index (κ2) is 7.33. The molecule has 1 spiro atoms. The predicted molar refractivity (Wildman–Crippen MR) is 86.2 cm³/mol. The number of hydrogen-bond acceptors (Lipinski definition) is 3. The van der Waals surface area contributed by atoms with Gasteiger partial charge in [-0.3, -0.25) is 9.69 Å². The summed E-state index contributed by atoms with van der Waals surface area (Å²) in [5, 5.41) is 9.10. The van der Waals surface area contributed by atoms with Gasteiger partial charge in [0.25, 0.3) is 0 Å². The summed E-state index contributed by atoms with van der Waals surface area (Å²) in [7, 11) is 0. The lowest BCUT2D eigenvalue weighted by Crippen LogP contribution is -2.51. The Bertz CT molecular complexity index is 622. The molecule has 2 fully saturated rings. The van der Waals surface area contributed by atoms with Crippen LogP contribution >= 0.6 is 0 Å². The van der Waals surface area contributed by atoms with Crippen LogP contribution in [0.5, 0.6) is 0 Å². The van der Waals surface area contributed by atoms with Crippen molar-refractivity contribution in [2.24, 2.45) is 5.41 Å². The average molecular weight is 356 g/mol. The molecule has 1 amide bonds. The highest BCUT2D eigenvalue weighted by Gasteiger charge is 2.40. The topological polar surface area (TPSA) is 43.8 Å². The largest absolute Gasteiger partial charge is 0.395 e. The molecule has 0 saturated carbocycles. The van der Waals surface area contributed by atoms with E-state index in [9.17, 15) is 18.0 Å². The van der Waals surface area contributed by atoms with E-state index in [4.69, 9.17) is 5.11 Å². The molecule has 2 aliphatic heterocycles. The van der Waals surface area contributed by atoms with Gasteiger partial charge in [-0.25, -0.2) is 13.2 Å². The number of halogens is 3. The summed E-state index contributed by atoms with van der Waals surface area (Å²) >= 11 is 0. The third kappa shape index (κ3) is 3.98. The van der Waals surface area contributed by atoms with Crippen molar-refractivity contribution in [3.8, 4) is 0 Å². The van der Waals surface area contributed by atoms with Crippen molar-refractivity contribution in [1.82, 2.24) is 9.80 Å². The number of likely N-dealkylation sites (tertiary alicyclic amines) is 2. The van der Waals surface area contributed by atoms with Gasteiger partial charge < -0.3 is 10.0 Å². The number of carbonyl (C=O) groups is 1. The Morgan fingerprint density at radius 2 is 1.72 bits per heavy atom. The molecule has 4 nitrogen and oxygen atoms in total. The first-order valence-corrected chi connectivity index (χ1v) is 8.67. The maximum atomic E-state index is 13.3. The highest BCUT2D eigenvalue weighted by molar-refractivity contribution is 5.77. The average Bonchev–Trinajstić information content (AvgIpc) is 2.59. The van der Waals surface area contributed by atoms with Crippen LogP contribution in [-0.2, 0) is 11.3 Å². The van der Waals surface area contributed by atoms with Crippen LogP contribution in [0.1, 0.15) is 31.2 Å². The zero-order chi connectivity index (χ0) is 18.0. The second-order valence-corrected chi connectivity index (χ2v) is 7.19. The van der Waals surface area contributed by atoms with Crippen molar-refractivity contribution in [3.05, 3.63) is 35.1 Å². The smallest absolute Gasteiger partial charge is 0.222 e. The first-order valence-electron chi connectivity index (χ1n) is 8.67. The standard InChI is InChI=1S/C18H23F3N2O2/c19-14-9-13(10-15(20)17(14)21)11-22-5-3-18(4-6-22)2-1-16(25)23(12-18)7-8-24/h9-10,24H,1-8,11-12H2. The van der Waals surface area contributed by atoms with Gasteiger partial charge in [0.2, 0.25) is 5.91 Å². The van der Waals surface area contributed by atoms with E-state index in [-0.39, 0.29) is 17.9 Å². The first-order chi connectivity index (χ1) is 11.9. The molecule has 7 heteroatoms. The van der Waals surface area contributed by atoms with Gasteiger partial charge in [0.1, 0.15) is 0 Å². The van der Waals surface area contributed by atoms with E-state index in [0.29, 0.717) is 31.6 Å². The lowest BCUT2D eigenvalue weighted by Gasteiger charge is -2.47. The molecule has 1 N–H and O–H groups in total. The monoisotopic (exact) mass is 356 g/mol. The van der Waals surface area contributed by atoms with E-state index in [2.05, 4.69) is 4.90 Å². The van der Waals surface area contributed by atoms with Crippen LogP contribution < -0.4 is 0 Å². The summed E-state index contributed by atoms with van der Waals surface area (Å²) in [6.45, 7) is 2.92. The molecule has 0 aromatic heterocycles. The fraction of sp³-hybridized carbons (Fsp3) is 0.611.